The van der Waals surface area contributed by atoms with Gasteiger partial charge in [0.05, 0.1) is 17.7 Å². The monoisotopic (exact) mass is 363 g/mol. The number of ether oxygens (including phenoxy) is 1. The Morgan fingerprint density at radius 2 is 1.62 bits per heavy atom. The van der Waals surface area contributed by atoms with Gasteiger partial charge in [0, 0.05) is 5.41 Å². The van der Waals surface area contributed by atoms with Gasteiger partial charge in [-0.05, 0) is 35.3 Å². The lowest BCUT2D eigenvalue weighted by Gasteiger charge is -2.26. The van der Waals surface area contributed by atoms with Crippen molar-refractivity contribution in [3.05, 3.63) is 59.2 Å². The highest BCUT2D eigenvalue weighted by Gasteiger charge is 2.31. The summed E-state index contributed by atoms with van der Waals surface area (Å²) < 4.78 is 43.7. The van der Waals surface area contributed by atoms with Crippen LogP contribution in [0.1, 0.15) is 30.5 Å². The van der Waals surface area contributed by atoms with Gasteiger partial charge in [-0.1, -0.05) is 32.0 Å². The van der Waals surface area contributed by atoms with Crippen LogP contribution >= 0.6 is 0 Å². The second-order valence-corrected chi connectivity index (χ2v) is 6.49. The topological polar surface area (TPSA) is 73.5 Å². The minimum Gasteiger partial charge on any atom is -0.491 e. The Labute approximate surface area is 149 Å². The minimum absolute atomic E-state index is 0.119. The van der Waals surface area contributed by atoms with Gasteiger partial charge in [-0.25, -0.2) is 0 Å². The zero-order valence-corrected chi connectivity index (χ0v) is 14.2. The predicted octanol–water partition coefficient (Wildman–Crippen LogP) is 2.61. The summed E-state index contributed by atoms with van der Waals surface area (Å²) in [5, 5.41) is 27.5. The molecule has 0 spiro atoms. The quantitative estimate of drug-likeness (QED) is 0.801. The number of rotatable bonds is 5. The highest BCUT2D eigenvalue weighted by Crippen LogP contribution is 2.32. The van der Waals surface area contributed by atoms with Crippen LogP contribution in [0.4, 0.5) is 13.2 Å². The number of alkyl halides is 3. The third-order valence-electron chi connectivity index (χ3n) is 4.00. The summed E-state index contributed by atoms with van der Waals surface area (Å²) >= 11 is 0. The van der Waals surface area contributed by atoms with E-state index >= 15 is 0 Å². The van der Waals surface area contributed by atoms with Crippen molar-refractivity contribution in [3.8, 4) is 11.8 Å². The largest absolute Gasteiger partial charge is 0.491 e. The van der Waals surface area contributed by atoms with E-state index in [4.69, 9.17) is 14.8 Å². The summed E-state index contributed by atoms with van der Waals surface area (Å²) in [6.07, 6.45) is -4.39. The smallest absolute Gasteiger partial charge is 0.488 e. The molecular formula is C18H17BF3NO3. The molecule has 0 aliphatic heterocycles. The summed E-state index contributed by atoms with van der Waals surface area (Å²) in [6.45, 7) is 3.75. The van der Waals surface area contributed by atoms with E-state index in [9.17, 15) is 18.4 Å². The lowest BCUT2D eigenvalue weighted by Crippen LogP contribution is -2.30. The molecule has 26 heavy (non-hydrogen) atoms. The fourth-order valence-electron chi connectivity index (χ4n) is 2.37. The third-order valence-corrected chi connectivity index (χ3v) is 4.00. The number of nitriles is 1. The van der Waals surface area contributed by atoms with Gasteiger partial charge in [-0.15, -0.1) is 0 Å². The van der Waals surface area contributed by atoms with Gasteiger partial charge in [0.1, 0.15) is 11.8 Å². The van der Waals surface area contributed by atoms with E-state index in [1.54, 1.807) is 0 Å². The van der Waals surface area contributed by atoms with Crippen molar-refractivity contribution in [2.75, 3.05) is 6.61 Å². The molecule has 0 amide bonds. The predicted molar refractivity (Wildman–Crippen MR) is 90.9 cm³/mol. The van der Waals surface area contributed by atoms with Crippen LogP contribution in [0.15, 0.2) is 42.5 Å². The van der Waals surface area contributed by atoms with Gasteiger partial charge in [0.2, 0.25) is 0 Å². The normalized spacial score (nSPS) is 11.8. The maximum Gasteiger partial charge on any atom is 0.488 e. The molecule has 0 aliphatic carbocycles. The molecule has 0 saturated heterocycles. The van der Waals surface area contributed by atoms with Crippen molar-refractivity contribution in [2.24, 2.45) is 0 Å². The summed E-state index contributed by atoms with van der Waals surface area (Å²) in [4.78, 5) is 0. The standard InChI is InChI=1S/C18H17BF3NO3/c1-17(2,13-3-5-14(6-4-13)18(20,21)22)11-26-16-8-7-15(19(24)25)9-12(16)10-23/h3-9,24-25H,11H2,1-2H3. The molecule has 0 aromatic heterocycles. The molecule has 2 N–H and O–H groups in total. The molecule has 0 fully saturated rings. The number of hydrogen-bond donors (Lipinski definition) is 2. The summed E-state index contributed by atoms with van der Waals surface area (Å²) in [7, 11) is -1.69. The Balaban J connectivity index is 2.16. The molecule has 0 radical (unpaired) electrons. The first-order valence-electron chi connectivity index (χ1n) is 7.75. The number of halogens is 3. The van der Waals surface area contributed by atoms with Crippen molar-refractivity contribution in [3.63, 3.8) is 0 Å². The molecule has 136 valence electrons. The number of nitrogens with zero attached hydrogens (tertiary/aromatic N) is 1. The van der Waals surface area contributed by atoms with Crippen molar-refractivity contribution in [2.45, 2.75) is 25.4 Å². The zero-order chi connectivity index (χ0) is 19.5. The zero-order valence-electron chi connectivity index (χ0n) is 14.2. The van der Waals surface area contributed by atoms with Crippen molar-refractivity contribution in [1.29, 1.82) is 5.26 Å². The highest BCUT2D eigenvalue weighted by molar-refractivity contribution is 6.58. The maximum atomic E-state index is 12.7. The van der Waals surface area contributed by atoms with Crippen molar-refractivity contribution in [1.82, 2.24) is 0 Å². The van der Waals surface area contributed by atoms with Gasteiger partial charge in [0.25, 0.3) is 0 Å². The Hall–Kier alpha value is -2.50. The highest BCUT2D eigenvalue weighted by atomic mass is 19.4. The van der Waals surface area contributed by atoms with Crippen LogP contribution in [0.25, 0.3) is 0 Å². The first kappa shape index (κ1) is 19.8. The molecule has 2 aromatic rings. The Morgan fingerprint density at radius 3 is 2.12 bits per heavy atom. The van der Waals surface area contributed by atoms with Crippen LogP contribution in [0.5, 0.6) is 5.75 Å². The van der Waals surface area contributed by atoms with E-state index in [2.05, 4.69) is 0 Å². The van der Waals surface area contributed by atoms with E-state index < -0.39 is 24.3 Å². The van der Waals surface area contributed by atoms with Crippen LogP contribution in [-0.2, 0) is 11.6 Å². The lowest BCUT2D eigenvalue weighted by molar-refractivity contribution is -0.137. The van der Waals surface area contributed by atoms with Crippen molar-refractivity contribution < 1.29 is 28.0 Å². The van der Waals surface area contributed by atoms with E-state index in [0.717, 1.165) is 12.1 Å². The first-order chi connectivity index (χ1) is 12.0. The second kappa shape index (κ2) is 7.40. The average molecular weight is 363 g/mol. The van der Waals surface area contributed by atoms with Crippen LogP contribution in [0.3, 0.4) is 0 Å². The summed E-state index contributed by atoms with van der Waals surface area (Å²) in [5.41, 5.74) is -0.365. The minimum atomic E-state index is -4.39. The van der Waals surface area contributed by atoms with Crippen LogP contribution in [0.2, 0.25) is 0 Å². The van der Waals surface area contributed by atoms with Gasteiger partial charge in [-0.2, -0.15) is 18.4 Å². The first-order valence-corrected chi connectivity index (χ1v) is 7.75. The van der Waals surface area contributed by atoms with Gasteiger partial charge >= 0.3 is 13.3 Å². The number of benzene rings is 2. The van der Waals surface area contributed by atoms with Crippen LogP contribution in [-0.4, -0.2) is 23.8 Å². The van der Waals surface area contributed by atoms with Gasteiger partial charge < -0.3 is 14.8 Å². The Morgan fingerprint density at radius 1 is 1.04 bits per heavy atom. The molecular weight excluding hydrogens is 346 g/mol. The molecule has 0 heterocycles. The van der Waals surface area contributed by atoms with E-state index in [1.165, 1.54) is 30.3 Å². The van der Waals surface area contributed by atoms with E-state index in [0.29, 0.717) is 5.56 Å². The molecule has 0 unspecified atom stereocenters. The van der Waals surface area contributed by atoms with Gasteiger partial charge in [0.15, 0.2) is 0 Å². The molecule has 0 atom stereocenters. The molecule has 4 nitrogen and oxygen atoms in total. The lowest BCUT2D eigenvalue weighted by atomic mass is 9.79. The molecule has 8 heteroatoms. The molecule has 0 saturated carbocycles. The Bertz CT molecular complexity index is 812. The van der Waals surface area contributed by atoms with E-state index in [1.807, 2.05) is 19.9 Å². The third kappa shape index (κ3) is 4.56. The maximum absolute atomic E-state index is 12.7. The molecule has 2 rings (SSSR count). The molecule has 2 aromatic carbocycles. The molecule has 0 bridgehead atoms. The van der Waals surface area contributed by atoms with Crippen molar-refractivity contribution >= 4 is 12.6 Å². The molecule has 0 aliphatic rings. The van der Waals surface area contributed by atoms with Crippen LogP contribution < -0.4 is 10.2 Å². The summed E-state index contributed by atoms with van der Waals surface area (Å²) in [6, 6.07) is 11.0. The average Bonchev–Trinajstić information content (AvgIpc) is 2.59. The Kier molecular flexibility index (Phi) is 5.64. The summed E-state index contributed by atoms with van der Waals surface area (Å²) in [5.74, 6) is 0.261. The van der Waals surface area contributed by atoms with Crippen LogP contribution in [0, 0.1) is 11.3 Å². The SMILES string of the molecule is CC(C)(COc1ccc(B(O)O)cc1C#N)c1ccc(C(F)(F)F)cc1. The van der Waals surface area contributed by atoms with Gasteiger partial charge in [-0.3, -0.25) is 0 Å². The second-order valence-electron chi connectivity index (χ2n) is 6.49. The fraction of sp³-hybridized carbons (Fsp3) is 0.278. The number of hydrogen-bond acceptors (Lipinski definition) is 4. The fourth-order valence-corrected chi connectivity index (χ4v) is 2.37. The van der Waals surface area contributed by atoms with E-state index in [-0.39, 0.29) is 23.4 Å².